The summed E-state index contributed by atoms with van der Waals surface area (Å²) in [6.07, 6.45) is 1.95. The molecule has 3 rings (SSSR count). The highest BCUT2D eigenvalue weighted by molar-refractivity contribution is 6.00. The summed E-state index contributed by atoms with van der Waals surface area (Å²) in [4.78, 5) is 26.3. The third kappa shape index (κ3) is 2.97. The van der Waals surface area contributed by atoms with Gasteiger partial charge in [-0.05, 0) is 43.0 Å². The maximum absolute atomic E-state index is 12.9. The lowest BCUT2D eigenvalue weighted by atomic mass is 10.0. The molecule has 2 N–H and O–H groups in total. The van der Waals surface area contributed by atoms with Crippen molar-refractivity contribution in [3.8, 4) is 0 Å². The molecule has 0 aliphatic carbocycles. The van der Waals surface area contributed by atoms with Crippen molar-refractivity contribution in [2.45, 2.75) is 25.8 Å². The molecule has 0 spiro atoms. The monoisotopic (exact) mass is 308 g/mol. The predicted molar refractivity (Wildman–Crippen MR) is 89.2 cm³/mol. The number of carbonyl (C=O) groups is 2. The molecule has 2 aromatic rings. The highest BCUT2D eigenvalue weighted by atomic mass is 16.2. The molecule has 1 aliphatic rings. The van der Waals surface area contributed by atoms with Crippen molar-refractivity contribution < 1.29 is 9.59 Å². The van der Waals surface area contributed by atoms with Gasteiger partial charge in [-0.2, -0.15) is 0 Å². The van der Waals surface area contributed by atoms with E-state index in [-0.39, 0.29) is 11.9 Å². The van der Waals surface area contributed by atoms with Crippen LogP contribution in [-0.2, 0) is 0 Å². The van der Waals surface area contributed by atoms with Crippen LogP contribution in [0, 0.1) is 6.92 Å². The summed E-state index contributed by atoms with van der Waals surface area (Å²) in [7, 11) is 0. The molecule has 1 aliphatic heterocycles. The summed E-state index contributed by atoms with van der Waals surface area (Å²) in [6, 6.07) is 15.3. The van der Waals surface area contributed by atoms with Crippen molar-refractivity contribution in [3.63, 3.8) is 0 Å². The van der Waals surface area contributed by atoms with Gasteiger partial charge in [-0.1, -0.05) is 36.4 Å². The van der Waals surface area contributed by atoms with Gasteiger partial charge in [0.15, 0.2) is 0 Å². The number of likely N-dealkylation sites (tertiary alicyclic amines) is 1. The fraction of sp³-hybridized carbons (Fsp3) is 0.263. The van der Waals surface area contributed by atoms with Crippen LogP contribution >= 0.6 is 0 Å². The quantitative estimate of drug-likeness (QED) is 0.947. The zero-order valence-electron chi connectivity index (χ0n) is 13.2. The van der Waals surface area contributed by atoms with E-state index in [1.54, 1.807) is 18.2 Å². The van der Waals surface area contributed by atoms with Crippen LogP contribution in [0.1, 0.15) is 50.7 Å². The van der Waals surface area contributed by atoms with Crippen molar-refractivity contribution in [1.29, 1.82) is 0 Å². The normalized spacial score (nSPS) is 17.3. The summed E-state index contributed by atoms with van der Waals surface area (Å²) < 4.78 is 0. The van der Waals surface area contributed by atoms with Crippen LogP contribution in [0.4, 0.5) is 0 Å². The van der Waals surface area contributed by atoms with Gasteiger partial charge in [0.1, 0.15) is 0 Å². The zero-order valence-corrected chi connectivity index (χ0v) is 13.2. The van der Waals surface area contributed by atoms with Gasteiger partial charge < -0.3 is 10.6 Å². The lowest BCUT2D eigenvalue weighted by Gasteiger charge is -2.25. The predicted octanol–water partition coefficient (Wildman–Crippen LogP) is 3.07. The van der Waals surface area contributed by atoms with Crippen LogP contribution in [-0.4, -0.2) is 23.3 Å². The molecule has 2 amide bonds. The summed E-state index contributed by atoms with van der Waals surface area (Å²) >= 11 is 0. The Morgan fingerprint density at radius 2 is 1.87 bits per heavy atom. The molecule has 1 fully saturated rings. The minimum absolute atomic E-state index is 0.0427. The van der Waals surface area contributed by atoms with Crippen LogP contribution < -0.4 is 5.73 Å². The number of primary amides is 1. The number of nitrogens with two attached hydrogens (primary N) is 1. The maximum Gasteiger partial charge on any atom is 0.254 e. The van der Waals surface area contributed by atoms with Crippen molar-refractivity contribution in [1.82, 2.24) is 4.90 Å². The SMILES string of the molecule is Cc1ccc(C(=O)N2CCCC2c2ccccc2)cc1C(N)=O. The van der Waals surface area contributed by atoms with Gasteiger partial charge in [0.2, 0.25) is 5.91 Å². The molecule has 1 atom stereocenters. The number of hydrogen-bond acceptors (Lipinski definition) is 2. The van der Waals surface area contributed by atoms with E-state index in [9.17, 15) is 9.59 Å². The topological polar surface area (TPSA) is 63.4 Å². The Bertz CT molecular complexity index is 740. The summed E-state index contributed by atoms with van der Waals surface area (Å²) in [5, 5.41) is 0. The number of carbonyl (C=O) groups excluding carboxylic acids is 2. The van der Waals surface area contributed by atoms with Gasteiger partial charge in [-0.3, -0.25) is 9.59 Å². The number of rotatable bonds is 3. The van der Waals surface area contributed by atoms with Gasteiger partial charge in [0, 0.05) is 17.7 Å². The second-order valence-electron chi connectivity index (χ2n) is 5.96. The molecule has 1 saturated heterocycles. The van der Waals surface area contributed by atoms with E-state index in [2.05, 4.69) is 12.1 Å². The highest BCUT2D eigenvalue weighted by Crippen LogP contribution is 2.33. The van der Waals surface area contributed by atoms with E-state index in [0.29, 0.717) is 11.1 Å². The maximum atomic E-state index is 12.9. The number of aryl methyl sites for hydroxylation is 1. The molecule has 4 nitrogen and oxygen atoms in total. The van der Waals surface area contributed by atoms with E-state index in [1.165, 1.54) is 0 Å². The van der Waals surface area contributed by atoms with Gasteiger partial charge >= 0.3 is 0 Å². The standard InChI is InChI=1S/C19H20N2O2/c1-13-9-10-15(12-16(13)18(20)22)19(23)21-11-5-8-17(21)14-6-3-2-4-7-14/h2-4,6-7,9-10,12,17H,5,8,11H2,1H3,(H2,20,22). The molecule has 0 saturated carbocycles. The number of hydrogen-bond donors (Lipinski definition) is 1. The van der Waals surface area contributed by atoms with Crippen LogP contribution in [0.15, 0.2) is 48.5 Å². The largest absolute Gasteiger partial charge is 0.366 e. The molecule has 4 heteroatoms. The van der Waals surface area contributed by atoms with Gasteiger partial charge in [0.05, 0.1) is 6.04 Å². The third-order valence-electron chi connectivity index (χ3n) is 4.45. The Labute approximate surface area is 135 Å². The Hall–Kier alpha value is -2.62. The number of benzene rings is 2. The average molecular weight is 308 g/mol. The van der Waals surface area contributed by atoms with Gasteiger partial charge in [-0.25, -0.2) is 0 Å². The first-order valence-electron chi connectivity index (χ1n) is 7.84. The van der Waals surface area contributed by atoms with Crippen molar-refractivity contribution in [2.75, 3.05) is 6.54 Å². The lowest BCUT2D eigenvalue weighted by Crippen LogP contribution is -2.30. The molecule has 0 radical (unpaired) electrons. The van der Waals surface area contributed by atoms with Crippen molar-refractivity contribution in [3.05, 3.63) is 70.8 Å². The minimum Gasteiger partial charge on any atom is -0.366 e. The van der Waals surface area contributed by atoms with E-state index < -0.39 is 5.91 Å². The lowest BCUT2D eigenvalue weighted by molar-refractivity contribution is 0.0735. The van der Waals surface area contributed by atoms with Crippen LogP contribution in [0.25, 0.3) is 0 Å². The fourth-order valence-electron chi connectivity index (χ4n) is 3.22. The zero-order chi connectivity index (χ0) is 16.4. The van der Waals surface area contributed by atoms with Gasteiger partial charge in [-0.15, -0.1) is 0 Å². The number of nitrogens with zero attached hydrogens (tertiary/aromatic N) is 1. The van der Waals surface area contributed by atoms with Crippen LogP contribution in [0.3, 0.4) is 0 Å². The Kier molecular flexibility index (Phi) is 4.15. The third-order valence-corrected chi connectivity index (χ3v) is 4.45. The average Bonchev–Trinajstić information content (AvgIpc) is 3.04. The highest BCUT2D eigenvalue weighted by Gasteiger charge is 2.30. The summed E-state index contributed by atoms with van der Waals surface area (Å²) in [5.74, 6) is -0.544. The second kappa shape index (κ2) is 6.24. The van der Waals surface area contributed by atoms with E-state index in [0.717, 1.165) is 30.5 Å². The molecule has 1 unspecified atom stereocenters. The van der Waals surface area contributed by atoms with E-state index in [1.807, 2.05) is 30.0 Å². The smallest absolute Gasteiger partial charge is 0.254 e. The molecule has 118 valence electrons. The first-order chi connectivity index (χ1) is 11.1. The first kappa shape index (κ1) is 15.3. The van der Waals surface area contributed by atoms with Crippen molar-refractivity contribution >= 4 is 11.8 Å². The van der Waals surface area contributed by atoms with Gasteiger partial charge in [0.25, 0.3) is 5.91 Å². The van der Waals surface area contributed by atoms with Crippen LogP contribution in [0.2, 0.25) is 0 Å². The molecular formula is C19H20N2O2. The Morgan fingerprint density at radius 3 is 2.57 bits per heavy atom. The Balaban J connectivity index is 1.91. The number of amides is 2. The molecule has 0 aromatic heterocycles. The minimum atomic E-state index is -0.502. The van der Waals surface area contributed by atoms with Crippen LogP contribution in [0.5, 0.6) is 0 Å². The Morgan fingerprint density at radius 1 is 1.13 bits per heavy atom. The molecule has 23 heavy (non-hydrogen) atoms. The second-order valence-corrected chi connectivity index (χ2v) is 5.96. The van der Waals surface area contributed by atoms with E-state index >= 15 is 0 Å². The molecule has 0 bridgehead atoms. The summed E-state index contributed by atoms with van der Waals surface area (Å²) in [5.41, 5.74) is 8.26. The van der Waals surface area contributed by atoms with Crippen molar-refractivity contribution in [2.24, 2.45) is 5.73 Å². The molecular weight excluding hydrogens is 288 g/mol. The summed E-state index contributed by atoms with van der Waals surface area (Å²) in [6.45, 7) is 2.55. The van der Waals surface area contributed by atoms with E-state index in [4.69, 9.17) is 5.73 Å². The first-order valence-corrected chi connectivity index (χ1v) is 7.84. The fourth-order valence-corrected chi connectivity index (χ4v) is 3.22. The molecule has 2 aromatic carbocycles. The molecule has 1 heterocycles.